The van der Waals surface area contributed by atoms with Gasteiger partial charge in [-0.3, -0.25) is 14.2 Å². The predicted octanol–water partition coefficient (Wildman–Crippen LogP) is 1.67. The lowest BCUT2D eigenvalue weighted by Gasteiger charge is -2.19. The molecule has 1 heterocycles. The highest BCUT2D eigenvalue weighted by atomic mass is 35.5. The molecule has 0 bridgehead atoms. The number of amides is 1. The van der Waals surface area contributed by atoms with Gasteiger partial charge >= 0.3 is 5.69 Å². The van der Waals surface area contributed by atoms with E-state index in [0.29, 0.717) is 0 Å². The van der Waals surface area contributed by atoms with Crippen molar-refractivity contribution in [1.82, 2.24) is 14.0 Å². The molecule has 2 aromatic rings. The Hall–Kier alpha value is -2.92. The van der Waals surface area contributed by atoms with Crippen LogP contribution in [0.5, 0.6) is 0 Å². The van der Waals surface area contributed by atoms with Gasteiger partial charge in [0.25, 0.3) is 5.56 Å². The zero-order valence-corrected chi connectivity index (χ0v) is 15.2. The number of carbonyl (C=O) groups is 1. The van der Waals surface area contributed by atoms with Crippen LogP contribution in [0.25, 0.3) is 0 Å². The number of aromatic nitrogens is 2. The van der Waals surface area contributed by atoms with E-state index in [1.165, 1.54) is 40.9 Å². The maximum Gasteiger partial charge on any atom is 0.331 e. The molecule has 27 heavy (non-hydrogen) atoms. The molecule has 9 heteroatoms. The average Bonchev–Trinajstić information content (AvgIpc) is 3.46. The van der Waals surface area contributed by atoms with Gasteiger partial charge in [-0.05, 0) is 25.0 Å². The molecule has 0 atom stereocenters. The summed E-state index contributed by atoms with van der Waals surface area (Å²) >= 11 is 5.97. The second-order valence-electron chi connectivity index (χ2n) is 6.42. The van der Waals surface area contributed by atoms with Gasteiger partial charge in [0.05, 0.1) is 0 Å². The summed E-state index contributed by atoms with van der Waals surface area (Å²) in [6.45, 7) is -0.656. The maximum absolute atomic E-state index is 13.9. The van der Waals surface area contributed by atoms with Gasteiger partial charge in [-0.2, -0.15) is 5.26 Å². The van der Waals surface area contributed by atoms with Gasteiger partial charge in [-0.1, -0.05) is 17.7 Å². The van der Waals surface area contributed by atoms with Crippen LogP contribution in [0.2, 0.25) is 5.02 Å². The molecule has 0 unspecified atom stereocenters. The fourth-order valence-corrected chi connectivity index (χ4v) is 2.94. The fourth-order valence-electron chi connectivity index (χ4n) is 2.72. The van der Waals surface area contributed by atoms with Gasteiger partial charge < -0.3 is 4.90 Å². The van der Waals surface area contributed by atoms with Crippen LogP contribution in [0.15, 0.2) is 34.0 Å². The van der Waals surface area contributed by atoms with Crippen LogP contribution in [0, 0.1) is 17.1 Å². The van der Waals surface area contributed by atoms with Crippen LogP contribution in [-0.2, 0) is 17.9 Å². The van der Waals surface area contributed by atoms with Crippen molar-refractivity contribution >= 4 is 17.5 Å². The number of halogens is 2. The van der Waals surface area contributed by atoms with E-state index in [2.05, 4.69) is 0 Å². The van der Waals surface area contributed by atoms with Crippen LogP contribution in [-0.4, -0.2) is 27.0 Å². The third kappa shape index (κ3) is 3.78. The first-order valence-electron chi connectivity index (χ1n) is 8.26. The third-order valence-electron chi connectivity index (χ3n) is 4.43. The molecule has 1 fully saturated rings. The van der Waals surface area contributed by atoms with Crippen molar-refractivity contribution in [3.05, 3.63) is 67.2 Å². The molecule has 0 saturated heterocycles. The first-order valence-corrected chi connectivity index (χ1v) is 8.64. The number of nitriles is 1. The summed E-state index contributed by atoms with van der Waals surface area (Å²) in [6.07, 6.45) is 2.80. The Balaban J connectivity index is 1.88. The van der Waals surface area contributed by atoms with E-state index >= 15 is 0 Å². The van der Waals surface area contributed by atoms with E-state index in [0.717, 1.165) is 17.4 Å². The van der Waals surface area contributed by atoms with Gasteiger partial charge in [-0.15, -0.1) is 0 Å². The van der Waals surface area contributed by atoms with Gasteiger partial charge in [0.15, 0.2) is 0 Å². The standard InChI is InChI=1S/C18H16ClFN4O3/c1-22(9-13-14(19)3-2-4-15(13)20)16(25)10-24-17(26)11(7-21)8-23(18(24)27)12-5-6-12/h2-4,8,12H,5-6,9-10H2,1H3. The zero-order valence-electron chi connectivity index (χ0n) is 14.5. The van der Waals surface area contributed by atoms with Crippen molar-refractivity contribution in [2.45, 2.75) is 32.0 Å². The number of likely N-dealkylation sites (N-methyl/N-ethyl adjacent to an activating group) is 1. The Labute approximate surface area is 158 Å². The molecule has 1 aliphatic carbocycles. The summed E-state index contributed by atoms with van der Waals surface area (Å²) in [7, 11) is 1.42. The molecular formula is C18H16ClFN4O3. The molecule has 140 valence electrons. The normalized spacial score (nSPS) is 13.3. The average molecular weight is 391 g/mol. The molecule has 3 rings (SSSR count). The highest BCUT2D eigenvalue weighted by molar-refractivity contribution is 6.31. The number of hydrogen-bond acceptors (Lipinski definition) is 4. The van der Waals surface area contributed by atoms with Gasteiger partial charge in [0.2, 0.25) is 5.91 Å². The Morgan fingerprint density at radius 3 is 2.70 bits per heavy atom. The Morgan fingerprint density at radius 2 is 2.11 bits per heavy atom. The number of hydrogen-bond donors (Lipinski definition) is 0. The summed E-state index contributed by atoms with van der Waals surface area (Å²) in [5.41, 5.74) is -1.50. The minimum absolute atomic E-state index is 0.0542. The topological polar surface area (TPSA) is 88.1 Å². The molecule has 1 amide bonds. The van der Waals surface area contributed by atoms with E-state index in [4.69, 9.17) is 16.9 Å². The molecule has 7 nitrogen and oxygen atoms in total. The Morgan fingerprint density at radius 1 is 1.41 bits per heavy atom. The zero-order chi connectivity index (χ0) is 19.7. The van der Waals surface area contributed by atoms with Crippen LogP contribution in [0.3, 0.4) is 0 Å². The van der Waals surface area contributed by atoms with Crippen LogP contribution in [0.4, 0.5) is 4.39 Å². The Kier molecular flexibility index (Phi) is 5.15. The quantitative estimate of drug-likeness (QED) is 0.776. The van der Waals surface area contributed by atoms with Crippen molar-refractivity contribution in [2.75, 3.05) is 7.05 Å². The number of rotatable bonds is 5. The molecule has 0 aliphatic heterocycles. The minimum atomic E-state index is -0.815. The van der Waals surface area contributed by atoms with Crippen LogP contribution in [0.1, 0.15) is 30.0 Å². The smallest absolute Gasteiger partial charge is 0.331 e. The second kappa shape index (κ2) is 7.37. The van der Waals surface area contributed by atoms with Crippen LogP contribution < -0.4 is 11.2 Å². The lowest BCUT2D eigenvalue weighted by atomic mass is 10.2. The summed E-state index contributed by atoms with van der Waals surface area (Å²) < 4.78 is 16.0. The molecule has 1 aromatic heterocycles. The SMILES string of the molecule is CN(Cc1c(F)cccc1Cl)C(=O)Cn1c(=O)c(C#N)cn(C2CC2)c1=O. The molecule has 0 spiro atoms. The predicted molar refractivity (Wildman–Crippen MR) is 95.8 cm³/mol. The largest absolute Gasteiger partial charge is 0.340 e. The summed E-state index contributed by atoms with van der Waals surface area (Å²) in [6, 6.07) is 5.90. The third-order valence-corrected chi connectivity index (χ3v) is 4.79. The molecule has 0 radical (unpaired) electrons. The first-order chi connectivity index (χ1) is 12.8. The monoisotopic (exact) mass is 390 g/mol. The first kappa shape index (κ1) is 18.9. The molecule has 0 N–H and O–H groups in total. The minimum Gasteiger partial charge on any atom is -0.340 e. The van der Waals surface area contributed by atoms with Crippen LogP contribution >= 0.6 is 11.6 Å². The Bertz CT molecular complexity index is 1050. The van der Waals surface area contributed by atoms with Crippen molar-refractivity contribution in [3.8, 4) is 6.07 Å². The van der Waals surface area contributed by atoms with E-state index in [9.17, 15) is 18.8 Å². The lowest BCUT2D eigenvalue weighted by molar-refractivity contribution is -0.131. The summed E-state index contributed by atoms with van der Waals surface area (Å²) in [4.78, 5) is 38.5. The number of carbonyl (C=O) groups excluding carboxylic acids is 1. The number of benzene rings is 1. The van der Waals surface area contributed by atoms with Gasteiger partial charge in [0.1, 0.15) is 24.0 Å². The van der Waals surface area contributed by atoms with E-state index in [1.54, 1.807) is 6.07 Å². The molecule has 1 aliphatic rings. The highest BCUT2D eigenvalue weighted by Gasteiger charge is 2.27. The summed E-state index contributed by atoms with van der Waals surface area (Å²) in [5.74, 6) is -1.13. The summed E-state index contributed by atoms with van der Waals surface area (Å²) in [5, 5.41) is 9.30. The number of nitrogens with zero attached hydrogens (tertiary/aromatic N) is 4. The van der Waals surface area contributed by atoms with Crippen molar-refractivity contribution < 1.29 is 9.18 Å². The van der Waals surface area contributed by atoms with Crippen molar-refractivity contribution in [2.24, 2.45) is 0 Å². The van der Waals surface area contributed by atoms with Gasteiger partial charge in [-0.25, -0.2) is 13.8 Å². The second-order valence-corrected chi connectivity index (χ2v) is 6.82. The maximum atomic E-state index is 13.9. The lowest BCUT2D eigenvalue weighted by Crippen LogP contribution is -2.44. The van der Waals surface area contributed by atoms with Gasteiger partial charge in [0, 0.05) is 36.4 Å². The molecular weight excluding hydrogens is 375 g/mol. The van der Waals surface area contributed by atoms with E-state index < -0.39 is 29.5 Å². The molecule has 1 saturated carbocycles. The highest BCUT2D eigenvalue weighted by Crippen LogP contribution is 2.33. The fraction of sp³-hybridized carbons (Fsp3) is 0.333. The van der Waals surface area contributed by atoms with E-state index in [1.807, 2.05) is 0 Å². The van der Waals surface area contributed by atoms with E-state index in [-0.39, 0.29) is 28.7 Å². The van der Waals surface area contributed by atoms with Crippen molar-refractivity contribution in [1.29, 1.82) is 5.26 Å². The molecule has 1 aromatic carbocycles. The van der Waals surface area contributed by atoms with Crippen molar-refractivity contribution in [3.63, 3.8) is 0 Å².